The summed E-state index contributed by atoms with van der Waals surface area (Å²) in [5.41, 5.74) is 2.14. The number of para-hydroxylation sites is 1. The highest BCUT2D eigenvalue weighted by molar-refractivity contribution is 5.86. The van der Waals surface area contributed by atoms with Crippen LogP contribution in [-0.4, -0.2) is 18.9 Å². The molecular weight excluding hydrogens is 202 g/mol. The van der Waals surface area contributed by atoms with Gasteiger partial charge in [-0.3, -0.25) is 4.79 Å². The van der Waals surface area contributed by atoms with Crippen LogP contribution in [0.15, 0.2) is 24.3 Å². The smallest absolute Gasteiger partial charge is 0.152 e. The number of hydrogen-bond acceptors (Lipinski definition) is 3. The molecule has 3 nitrogen and oxygen atoms in total. The van der Waals surface area contributed by atoms with E-state index in [9.17, 15) is 4.79 Å². The predicted molar refractivity (Wildman–Crippen MR) is 63.4 cm³/mol. The summed E-state index contributed by atoms with van der Waals surface area (Å²) in [5, 5.41) is 3.28. The first-order valence-corrected chi connectivity index (χ1v) is 5.54. The van der Waals surface area contributed by atoms with Crippen molar-refractivity contribution in [1.82, 2.24) is 0 Å². The molecule has 0 fully saturated rings. The van der Waals surface area contributed by atoms with E-state index in [1.165, 1.54) is 0 Å². The first-order chi connectivity index (χ1) is 7.65. The van der Waals surface area contributed by atoms with Crippen molar-refractivity contribution in [2.24, 2.45) is 5.92 Å². The number of rotatable bonds is 2. The normalized spacial score (nSPS) is 28.1. The first kappa shape index (κ1) is 11.1. The van der Waals surface area contributed by atoms with Crippen LogP contribution in [0.3, 0.4) is 0 Å². The molecule has 3 unspecified atom stereocenters. The predicted octanol–water partition coefficient (Wildman–Crippen LogP) is 2.39. The van der Waals surface area contributed by atoms with Gasteiger partial charge in [0.05, 0.1) is 12.1 Å². The topological polar surface area (TPSA) is 38.3 Å². The average molecular weight is 219 g/mol. The van der Waals surface area contributed by atoms with Crippen molar-refractivity contribution >= 4 is 11.5 Å². The van der Waals surface area contributed by atoms with Crippen LogP contribution >= 0.6 is 0 Å². The number of anilines is 1. The van der Waals surface area contributed by atoms with Crippen LogP contribution in [0.1, 0.15) is 25.5 Å². The summed E-state index contributed by atoms with van der Waals surface area (Å²) in [5.74, 6) is 0.307. The minimum atomic E-state index is -0.153. The SMILES string of the molecule is COC1c2ccccc2NC(C(C)=O)C1C. The van der Waals surface area contributed by atoms with Gasteiger partial charge in [-0.2, -0.15) is 0 Å². The lowest BCUT2D eigenvalue weighted by molar-refractivity contribution is -0.120. The molecule has 1 heterocycles. The molecule has 0 amide bonds. The third-order valence-electron chi connectivity index (χ3n) is 3.27. The van der Waals surface area contributed by atoms with Gasteiger partial charge in [0.15, 0.2) is 5.78 Å². The summed E-state index contributed by atoms with van der Waals surface area (Å²) >= 11 is 0. The molecule has 16 heavy (non-hydrogen) atoms. The number of carbonyl (C=O) groups is 1. The summed E-state index contributed by atoms with van der Waals surface area (Å²) in [4.78, 5) is 11.6. The van der Waals surface area contributed by atoms with E-state index in [2.05, 4.69) is 5.32 Å². The van der Waals surface area contributed by atoms with Crippen LogP contribution < -0.4 is 5.32 Å². The summed E-state index contributed by atoms with van der Waals surface area (Å²) in [6.07, 6.45) is -0.00801. The molecule has 86 valence electrons. The van der Waals surface area contributed by atoms with Crippen LogP contribution in [0.4, 0.5) is 5.69 Å². The third-order valence-corrected chi connectivity index (χ3v) is 3.27. The van der Waals surface area contributed by atoms with Crippen LogP contribution in [0, 0.1) is 5.92 Å². The maximum atomic E-state index is 11.6. The molecular formula is C13H17NO2. The van der Waals surface area contributed by atoms with Gasteiger partial charge in [0, 0.05) is 24.3 Å². The second-order valence-corrected chi connectivity index (χ2v) is 4.34. The number of ether oxygens (including phenoxy) is 1. The van der Waals surface area contributed by atoms with Crippen molar-refractivity contribution in [2.45, 2.75) is 26.0 Å². The van der Waals surface area contributed by atoms with Crippen molar-refractivity contribution in [2.75, 3.05) is 12.4 Å². The largest absolute Gasteiger partial charge is 0.376 e. The highest BCUT2D eigenvalue weighted by atomic mass is 16.5. The Kier molecular flexibility index (Phi) is 2.97. The second kappa shape index (κ2) is 4.26. The highest BCUT2D eigenvalue weighted by Gasteiger charge is 2.35. The van der Waals surface area contributed by atoms with Crippen LogP contribution in [-0.2, 0) is 9.53 Å². The van der Waals surface area contributed by atoms with E-state index < -0.39 is 0 Å². The Hall–Kier alpha value is -1.35. The number of ketones is 1. The van der Waals surface area contributed by atoms with Gasteiger partial charge < -0.3 is 10.1 Å². The fraction of sp³-hybridized carbons (Fsp3) is 0.462. The monoisotopic (exact) mass is 219 g/mol. The quantitative estimate of drug-likeness (QED) is 0.830. The van der Waals surface area contributed by atoms with Gasteiger partial charge in [0.25, 0.3) is 0 Å². The van der Waals surface area contributed by atoms with E-state index in [1.807, 2.05) is 31.2 Å². The zero-order valence-electron chi connectivity index (χ0n) is 9.86. The molecule has 0 aromatic heterocycles. The molecule has 1 aromatic rings. The molecule has 0 radical (unpaired) electrons. The van der Waals surface area contributed by atoms with Gasteiger partial charge in [0.2, 0.25) is 0 Å². The maximum absolute atomic E-state index is 11.6. The Morgan fingerprint density at radius 1 is 1.38 bits per heavy atom. The van der Waals surface area contributed by atoms with E-state index in [-0.39, 0.29) is 23.8 Å². The van der Waals surface area contributed by atoms with Crippen molar-refractivity contribution in [3.63, 3.8) is 0 Å². The zero-order chi connectivity index (χ0) is 11.7. The number of carbonyl (C=O) groups excluding carboxylic acids is 1. The molecule has 1 N–H and O–H groups in total. The van der Waals surface area contributed by atoms with Gasteiger partial charge >= 0.3 is 0 Å². The Balaban J connectivity index is 2.42. The van der Waals surface area contributed by atoms with Gasteiger partial charge in [0.1, 0.15) is 0 Å². The Morgan fingerprint density at radius 2 is 2.06 bits per heavy atom. The molecule has 0 saturated heterocycles. The van der Waals surface area contributed by atoms with Gasteiger partial charge in [-0.15, -0.1) is 0 Å². The molecule has 1 aliphatic rings. The molecule has 3 heteroatoms. The summed E-state index contributed by atoms with van der Waals surface area (Å²) in [6, 6.07) is 7.84. The summed E-state index contributed by atoms with van der Waals surface area (Å²) in [7, 11) is 1.69. The number of Topliss-reactive ketones (excluding diaryl/α,β-unsaturated/α-hetero) is 1. The number of methoxy groups -OCH3 is 1. The minimum Gasteiger partial charge on any atom is -0.376 e. The Bertz CT molecular complexity index is 403. The zero-order valence-corrected chi connectivity index (χ0v) is 9.86. The van der Waals surface area contributed by atoms with E-state index in [4.69, 9.17) is 4.74 Å². The van der Waals surface area contributed by atoms with Crippen molar-refractivity contribution in [3.05, 3.63) is 29.8 Å². The number of hydrogen-bond donors (Lipinski definition) is 1. The van der Waals surface area contributed by atoms with Crippen LogP contribution in [0.5, 0.6) is 0 Å². The van der Waals surface area contributed by atoms with Crippen LogP contribution in [0.2, 0.25) is 0 Å². The van der Waals surface area contributed by atoms with E-state index in [0.29, 0.717) is 0 Å². The molecule has 0 spiro atoms. The molecule has 3 atom stereocenters. The van der Waals surface area contributed by atoms with E-state index >= 15 is 0 Å². The van der Waals surface area contributed by atoms with E-state index in [1.54, 1.807) is 14.0 Å². The summed E-state index contributed by atoms with van der Waals surface area (Å²) in [6.45, 7) is 3.66. The molecule has 2 rings (SSSR count). The van der Waals surface area contributed by atoms with Gasteiger partial charge in [-0.25, -0.2) is 0 Å². The van der Waals surface area contributed by atoms with Gasteiger partial charge in [-0.1, -0.05) is 25.1 Å². The molecule has 1 aliphatic heterocycles. The fourth-order valence-electron chi connectivity index (χ4n) is 2.45. The Labute approximate surface area is 95.8 Å². The lowest BCUT2D eigenvalue weighted by Gasteiger charge is -2.36. The summed E-state index contributed by atoms with van der Waals surface area (Å²) < 4.78 is 5.52. The van der Waals surface area contributed by atoms with Crippen molar-refractivity contribution in [1.29, 1.82) is 0 Å². The number of benzene rings is 1. The molecule has 0 saturated carbocycles. The molecule has 0 bridgehead atoms. The van der Waals surface area contributed by atoms with Gasteiger partial charge in [-0.05, 0) is 13.0 Å². The average Bonchev–Trinajstić information content (AvgIpc) is 2.28. The fourth-order valence-corrected chi connectivity index (χ4v) is 2.45. The Morgan fingerprint density at radius 3 is 2.69 bits per heavy atom. The highest BCUT2D eigenvalue weighted by Crippen LogP contribution is 2.38. The minimum absolute atomic E-state index is 0.00801. The third kappa shape index (κ3) is 1.71. The molecule has 0 aliphatic carbocycles. The molecule has 1 aromatic carbocycles. The number of fused-ring (bicyclic) bond motifs is 1. The van der Waals surface area contributed by atoms with Crippen LogP contribution in [0.25, 0.3) is 0 Å². The number of nitrogens with one attached hydrogen (secondary N) is 1. The lowest BCUT2D eigenvalue weighted by atomic mass is 9.84. The first-order valence-electron chi connectivity index (χ1n) is 5.54. The lowest BCUT2D eigenvalue weighted by Crippen LogP contribution is -2.41. The standard InChI is InChI=1S/C13H17NO2/c1-8-12(9(2)15)14-11-7-5-4-6-10(11)13(8)16-3/h4-8,12-14H,1-3H3. The maximum Gasteiger partial charge on any atom is 0.152 e. The van der Waals surface area contributed by atoms with Crippen molar-refractivity contribution in [3.8, 4) is 0 Å². The van der Waals surface area contributed by atoms with Crippen molar-refractivity contribution < 1.29 is 9.53 Å². The van der Waals surface area contributed by atoms with E-state index in [0.717, 1.165) is 11.3 Å². The second-order valence-electron chi connectivity index (χ2n) is 4.34.